The van der Waals surface area contributed by atoms with Crippen molar-refractivity contribution in [1.29, 1.82) is 5.41 Å². The van der Waals surface area contributed by atoms with Gasteiger partial charge in [0.15, 0.2) is 23.2 Å². The zero-order chi connectivity index (χ0) is 22.8. The smallest absolute Gasteiger partial charge is 0.346 e. The van der Waals surface area contributed by atoms with Gasteiger partial charge >= 0.3 is 5.97 Å². The van der Waals surface area contributed by atoms with Crippen molar-refractivity contribution in [2.75, 3.05) is 6.61 Å². The van der Waals surface area contributed by atoms with Gasteiger partial charge < -0.3 is 14.3 Å². The summed E-state index contributed by atoms with van der Waals surface area (Å²) in [6.45, 7) is 3.72. The summed E-state index contributed by atoms with van der Waals surface area (Å²) in [6.07, 6.45) is 3.03. The molecule has 2 aliphatic rings. The van der Waals surface area contributed by atoms with E-state index in [1.165, 1.54) is 36.4 Å². The molecular weight excluding hydrogens is 417 g/mol. The molecule has 0 aromatic heterocycles. The van der Waals surface area contributed by atoms with Gasteiger partial charge in [0, 0.05) is 6.08 Å². The molecule has 8 nitrogen and oxygen atoms in total. The van der Waals surface area contributed by atoms with E-state index in [1.54, 1.807) is 32.1 Å². The summed E-state index contributed by atoms with van der Waals surface area (Å²) in [4.78, 5) is 34.1. The van der Waals surface area contributed by atoms with Crippen LogP contribution in [-0.4, -0.2) is 35.2 Å². The van der Waals surface area contributed by atoms with Crippen LogP contribution in [0.5, 0.6) is 11.5 Å². The predicted molar refractivity (Wildman–Crippen MR) is 114 cm³/mol. The molecule has 2 heterocycles. The first kappa shape index (κ1) is 21.0. The molecule has 1 amide bonds. The van der Waals surface area contributed by atoms with Crippen molar-refractivity contribution in [2.24, 2.45) is 4.99 Å². The fraction of sp³-hybridized carbons (Fsp3) is 0.130. The Hall–Kier alpha value is -4.27. The van der Waals surface area contributed by atoms with Crippen molar-refractivity contribution in [3.05, 3.63) is 76.8 Å². The monoisotopic (exact) mass is 435 g/mol. The van der Waals surface area contributed by atoms with Gasteiger partial charge in [-0.1, -0.05) is 18.2 Å². The lowest BCUT2D eigenvalue weighted by Crippen LogP contribution is -2.38. The third-order valence-corrected chi connectivity index (χ3v) is 4.56. The molecule has 4 rings (SSSR count). The van der Waals surface area contributed by atoms with Crippen molar-refractivity contribution >= 4 is 29.6 Å². The molecule has 0 atom stereocenters. The van der Waals surface area contributed by atoms with Gasteiger partial charge in [-0.05, 0) is 49.8 Å². The lowest BCUT2D eigenvalue weighted by molar-refractivity contribution is -0.114. The van der Waals surface area contributed by atoms with Gasteiger partial charge in [-0.2, -0.15) is 4.99 Å². The number of fused-ring (bicyclic) bond motifs is 1. The molecule has 9 heteroatoms. The van der Waals surface area contributed by atoms with E-state index in [9.17, 15) is 14.0 Å². The first-order chi connectivity index (χ1) is 15.4. The molecule has 2 aromatic carbocycles. The lowest BCUT2D eigenvalue weighted by atomic mass is 10.1. The van der Waals surface area contributed by atoms with Gasteiger partial charge in [0.25, 0.3) is 5.91 Å². The highest BCUT2D eigenvalue weighted by atomic mass is 19.1. The minimum absolute atomic E-state index is 0.0235. The highest BCUT2D eigenvalue weighted by molar-refractivity contribution is 6.32. The first-order valence-corrected chi connectivity index (χ1v) is 9.71. The third-order valence-electron chi connectivity index (χ3n) is 4.56. The maximum atomic E-state index is 13.9. The molecule has 0 fully saturated rings. The molecule has 2 aromatic rings. The summed E-state index contributed by atoms with van der Waals surface area (Å²) < 4.78 is 24.8. The number of halogens is 1. The number of ether oxygens (including phenoxy) is 2. The van der Waals surface area contributed by atoms with Gasteiger partial charge in [-0.3, -0.25) is 10.2 Å². The van der Waals surface area contributed by atoms with Crippen LogP contribution >= 0.6 is 0 Å². The third kappa shape index (κ3) is 4.00. The second-order valence-electron chi connectivity index (χ2n) is 6.83. The van der Waals surface area contributed by atoms with Crippen molar-refractivity contribution < 1.29 is 28.3 Å². The number of hydroxylamine groups is 2. The summed E-state index contributed by atoms with van der Waals surface area (Å²) in [6, 6.07) is 10.1. The topological polar surface area (TPSA) is 101 Å². The minimum atomic E-state index is -0.865. The Morgan fingerprint density at radius 3 is 2.78 bits per heavy atom. The largest absolute Gasteiger partial charge is 0.490 e. The van der Waals surface area contributed by atoms with Crippen LogP contribution in [0.2, 0.25) is 0 Å². The molecule has 0 saturated carbocycles. The minimum Gasteiger partial charge on any atom is -0.490 e. The summed E-state index contributed by atoms with van der Waals surface area (Å²) >= 11 is 0. The Kier molecular flexibility index (Phi) is 5.55. The Morgan fingerprint density at radius 1 is 1.25 bits per heavy atom. The van der Waals surface area contributed by atoms with Crippen LogP contribution < -0.4 is 9.47 Å². The normalized spacial score (nSPS) is 16.3. The molecule has 0 spiro atoms. The number of rotatable bonds is 5. The fourth-order valence-electron chi connectivity index (χ4n) is 3.12. The summed E-state index contributed by atoms with van der Waals surface area (Å²) in [5.74, 6) is -1.21. The highest BCUT2D eigenvalue weighted by Crippen LogP contribution is 2.31. The van der Waals surface area contributed by atoms with Gasteiger partial charge in [-0.15, -0.1) is 5.06 Å². The number of amides is 1. The summed E-state index contributed by atoms with van der Waals surface area (Å²) in [5.41, 5.74) is 0.329. The number of carbonyl (C=O) groups excluding carboxylic acids is 2. The van der Waals surface area contributed by atoms with Gasteiger partial charge in [0.2, 0.25) is 0 Å². The Labute approximate surface area is 182 Å². The van der Waals surface area contributed by atoms with Crippen molar-refractivity contribution in [2.45, 2.75) is 13.8 Å². The van der Waals surface area contributed by atoms with Gasteiger partial charge in [0.1, 0.15) is 11.6 Å². The number of allylic oxidation sites excluding steroid dienone is 1. The quantitative estimate of drug-likeness (QED) is 0.434. The average molecular weight is 435 g/mol. The molecule has 0 aliphatic carbocycles. The van der Waals surface area contributed by atoms with Crippen LogP contribution in [0.4, 0.5) is 4.39 Å². The zero-order valence-electron chi connectivity index (χ0n) is 17.2. The zero-order valence-corrected chi connectivity index (χ0v) is 17.2. The number of benzene rings is 2. The number of carbonyl (C=O) groups is 2. The van der Waals surface area contributed by atoms with E-state index in [-0.39, 0.29) is 40.9 Å². The van der Waals surface area contributed by atoms with E-state index in [1.807, 2.05) is 0 Å². The molecule has 0 unspecified atom stereocenters. The van der Waals surface area contributed by atoms with Gasteiger partial charge in [0.05, 0.1) is 17.7 Å². The molecule has 0 saturated heterocycles. The van der Waals surface area contributed by atoms with Crippen LogP contribution in [0.3, 0.4) is 0 Å². The predicted octanol–water partition coefficient (Wildman–Crippen LogP) is 3.89. The second-order valence-corrected chi connectivity index (χ2v) is 6.83. The highest BCUT2D eigenvalue weighted by Gasteiger charge is 2.34. The standard InChI is InChI=1S/C23H18FN3O5/c1-3-30-19-12-14(8-9-18(19)31-23(29)15-6-4-5-7-17(15)24)11-16-21(25)27-20(26-22(16)28)10-13(2)32-27/h4-12,25H,3H2,1-2H3/b16-11+,25-21?. The van der Waals surface area contributed by atoms with Crippen molar-refractivity contribution in [3.8, 4) is 11.5 Å². The van der Waals surface area contributed by atoms with E-state index in [4.69, 9.17) is 19.7 Å². The van der Waals surface area contributed by atoms with Crippen LogP contribution in [0.15, 0.2) is 64.9 Å². The number of amidine groups is 2. The van der Waals surface area contributed by atoms with Crippen molar-refractivity contribution in [3.63, 3.8) is 0 Å². The van der Waals surface area contributed by atoms with Crippen LogP contribution in [0, 0.1) is 11.2 Å². The molecule has 1 N–H and O–H groups in total. The summed E-state index contributed by atoms with van der Waals surface area (Å²) in [7, 11) is 0. The van der Waals surface area contributed by atoms with Crippen LogP contribution in [-0.2, 0) is 9.63 Å². The lowest BCUT2D eigenvalue weighted by Gasteiger charge is -2.23. The molecule has 32 heavy (non-hydrogen) atoms. The van der Waals surface area contributed by atoms with Crippen LogP contribution in [0.25, 0.3) is 6.08 Å². The maximum absolute atomic E-state index is 13.9. The fourth-order valence-corrected chi connectivity index (χ4v) is 3.12. The number of nitrogens with one attached hydrogen (secondary N) is 1. The van der Waals surface area contributed by atoms with E-state index in [0.717, 1.165) is 5.06 Å². The molecule has 0 bridgehead atoms. The van der Waals surface area contributed by atoms with Crippen molar-refractivity contribution in [1.82, 2.24) is 5.06 Å². The first-order valence-electron chi connectivity index (χ1n) is 9.71. The number of hydrogen-bond acceptors (Lipinski definition) is 6. The van der Waals surface area contributed by atoms with E-state index >= 15 is 0 Å². The number of aliphatic imine (C=N–C) groups is 1. The Morgan fingerprint density at radius 2 is 2.03 bits per heavy atom. The maximum Gasteiger partial charge on any atom is 0.346 e. The SMILES string of the molecule is CCOc1cc(/C=C2\C(=N)N3OC(C)=CC3=NC2=O)ccc1OC(=O)c1ccccc1F. The molecule has 0 radical (unpaired) electrons. The molecule has 2 aliphatic heterocycles. The van der Waals surface area contributed by atoms with E-state index < -0.39 is 17.7 Å². The number of esters is 1. The average Bonchev–Trinajstić information content (AvgIpc) is 3.13. The summed E-state index contributed by atoms with van der Waals surface area (Å²) in [5, 5.41) is 9.45. The molecular formula is C23H18FN3O5. The number of hydrogen-bond donors (Lipinski definition) is 1. The second kappa shape index (κ2) is 8.46. The molecule has 162 valence electrons. The van der Waals surface area contributed by atoms with E-state index in [0.29, 0.717) is 11.3 Å². The Bertz CT molecular complexity index is 1230. The van der Waals surface area contributed by atoms with Gasteiger partial charge in [-0.25, -0.2) is 9.18 Å². The van der Waals surface area contributed by atoms with E-state index in [2.05, 4.69) is 4.99 Å². The number of nitrogens with zero attached hydrogens (tertiary/aromatic N) is 2. The Balaban J connectivity index is 1.62. The van der Waals surface area contributed by atoms with Crippen LogP contribution in [0.1, 0.15) is 29.8 Å².